The van der Waals surface area contributed by atoms with Gasteiger partial charge >= 0.3 is 0 Å². The van der Waals surface area contributed by atoms with E-state index in [2.05, 4.69) is 26.2 Å². The minimum Gasteiger partial charge on any atom is -0.508 e. The van der Waals surface area contributed by atoms with Crippen LogP contribution in [0.3, 0.4) is 0 Å². The molecule has 1 aromatic heterocycles. The summed E-state index contributed by atoms with van der Waals surface area (Å²) in [5.74, 6) is 0.183. The number of carbonyl (C=O) groups excluding carboxylic acids is 1. The molecule has 0 aliphatic heterocycles. The molecule has 18 heavy (non-hydrogen) atoms. The van der Waals surface area contributed by atoms with Gasteiger partial charge in [0.05, 0.1) is 5.69 Å². The highest BCUT2D eigenvalue weighted by molar-refractivity contribution is 9.10. The number of aromatic nitrogens is 2. The van der Waals surface area contributed by atoms with Gasteiger partial charge in [-0.05, 0) is 25.1 Å². The lowest BCUT2D eigenvalue weighted by Crippen LogP contribution is -2.14. The molecule has 2 rings (SSSR count). The number of anilines is 1. The van der Waals surface area contributed by atoms with E-state index in [1.54, 1.807) is 17.7 Å². The fourth-order valence-corrected chi connectivity index (χ4v) is 2.09. The summed E-state index contributed by atoms with van der Waals surface area (Å²) in [7, 11) is 1.80. The Bertz CT molecular complexity index is 587. The number of nitrogens with one attached hydrogen (secondary N) is 1. The molecule has 0 atom stereocenters. The van der Waals surface area contributed by atoms with Crippen molar-refractivity contribution in [1.29, 1.82) is 0 Å². The highest BCUT2D eigenvalue weighted by Crippen LogP contribution is 2.21. The van der Waals surface area contributed by atoms with Crippen molar-refractivity contribution in [2.75, 3.05) is 5.32 Å². The molecule has 2 N–H and O–H groups in total. The van der Waals surface area contributed by atoms with Gasteiger partial charge in [-0.3, -0.25) is 10.1 Å². The second-order valence-electron chi connectivity index (χ2n) is 3.97. The number of carbonyl (C=O) groups is 1. The molecule has 0 bridgehead atoms. The number of imidazole rings is 1. The van der Waals surface area contributed by atoms with Crippen molar-refractivity contribution in [2.24, 2.45) is 7.05 Å². The van der Waals surface area contributed by atoms with E-state index in [4.69, 9.17) is 0 Å². The zero-order chi connectivity index (χ0) is 13.3. The first kappa shape index (κ1) is 12.6. The van der Waals surface area contributed by atoms with Crippen LogP contribution >= 0.6 is 15.9 Å². The number of nitrogens with zero attached hydrogens (tertiary/aromatic N) is 2. The molecule has 1 aromatic carbocycles. The van der Waals surface area contributed by atoms with Crippen LogP contribution in [0.15, 0.2) is 28.9 Å². The molecule has 0 radical (unpaired) electrons. The maximum atomic E-state index is 12.0. The Kier molecular flexibility index (Phi) is 3.38. The topological polar surface area (TPSA) is 67.2 Å². The number of hydrogen-bond acceptors (Lipinski definition) is 3. The number of amides is 1. The Balaban J connectivity index is 2.24. The zero-order valence-corrected chi connectivity index (χ0v) is 11.5. The van der Waals surface area contributed by atoms with Crippen LogP contribution in [0.4, 0.5) is 5.95 Å². The molecule has 0 aliphatic rings. The monoisotopic (exact) mass is 309 g/mol. The molecule has 2 aromatic rings. The predicted octanol–water partition coefficient (Wildman–Crippen LogP) is 2.45. The van der Waals surface area contributed by atoms with Crippen molar-refractivity contribution in [3.63, 3.8) is 0 Å². The van der Waals surface area contributed by atoms with Gasteiger partial charge in [-0.2, -0.15) is 0 Å². The van der Waals surface area contributed by atoms with Crippen LogP contribution in [0.25, 0.3) is 0 Å². The maximum absolute atomic E-state index is 12.0. The fraction of sp³-hybridized carbons (Fsp3) is 0.167. The lowest BCUT2D eigenvalue weighted by atomic mass is 10.2. The largest absolute Gasteiger partial charge is 0.508 e. The van der Waals surface area contributed by atoms with Crippen molar-refractivity contribution in [1.82, 2.24) is 9.55 Å². The van der Waals surface area contributed by atoms with E-state index in [-0.39, 0.29) is 11.7 Å². The third kappa shape index (κ3) is 2.70. The molecule has 94 valence electrons. The number of phenols is 1. The van der Waals surface area contributed by atoms with Crippen LogP contribution in [0, 0.1) is 6.92 Å². The second-order valence-corrected chi connectivity index (χ2v) is 4.88. The molecule has 6 heteroatoms. The number of phenolic OH excluding ortho intramolecular Hbond substituents is 1. The molecule has 0 fully saturated rings. The number of aryl methyl sites for hydroxylation is 2. The molecule has 1 amide bonds. The molecule has 0 aliphatic carbocycles. The Morgan fingerprint density at radius 2 is 2.17 bits per heavy atom. The summed E-state index contributed by atoms with van der Waals surface area (Å²) in [5.41, 5.74) is 1.19. The first-order chi connectivity index (χ1) is 8.45. The van der Waals surface area contributed by atoms with E-state index >= 15 is 0 Å². The maximum Gasteiger partial charge on any atom is 0.258 e. The highest BCUT2D eigenvalue weighted by Gasteiger charge is 2.11. The van der Waals surface area contributed by atoms with E-state index in [0.717, 1.165) is 5.69 Å². The van der Waals surface area contributed by atoms with Gasteiger partial charge in [0.15, 0.2) is 0 Å². The summed E-state index contributed by atoms with van der Waals surface area (Å²) < 4.78 is 2.37. The SMILES string of the molecule is Cc1cn(C)c(NC(=O)c2cc(O)cc(Br)c2)n1. The molecular weight excluding hydrogens is 298 g/mol. The van der Waals surface area contributed by atoms with Crippen LogP contribution in [-0.2, 0) is 7.05 Å². The molecule has 0 spiro atoms. The Morgan fingerprint density at radius 3 is 2.72 bits per heavy atom. The number of benzene rings is 1. The molecule has 1 heterocycles. The number of aromatic hydroxyl groups is 1. The predicted molar refractivity (Wildman–Crippen MR) is 71.7 cm³/mol. The van der Waals surface area contributed by atoms with E-state index in [1.807, 2.05) is 13.1 Å². The number of halogens is 1. The van der Waals surface area contributed by atoms with Crippen molar-refractivity contribution in [3.8, 4) is 5.75 Å². The summed E-state index contributed by atoms with van der Waals surface area (Å²) in [6.07, 6.45) is 1.81. The van der Waals surface area contributed by atoms with Gasteiger partial charge in [-0.1, -0.05) is 15.9 Å². The number of rotatable bonds is 2. The van der Waals surface area contributed by atoms with Gasteiger partial charge in [-0.15, -0.1) is 0 Å². The summed E-state index contributed by atoms with van der Waals surface area (Å²) >= 11 is 3.22. The molecule has 5 nitrogen and oxygen atoms in total. The van der Waals surface area contributed by atoms with Crippen LogP contribution < -0.4 is 5.32 Å². The smallest absolute Gasteiger partial charge is 0.258 e. The third-order valence-electron chi connectivity index (χ3n) is 2.37. The summed E-state index contributed by atoms with van der Waals surface area (Å²) in [6.45, 7) is 1.85. The summed E-state index contributed by atoms with van der Waals surface area (Å²) in [4.78, 5) is 16.2. The quantitative estimate of drug-likeness (QED) is 0.895. The van der Waals surface area contributed by atoms with Crippen LogP contribution in [0.5, 0.6) is 5.75 Å². The van der Waals surface area contributed by atoms with Crippen LogP contribution in [0.2, 0.25) is 0 Å². The molecular formula is C12H12BrN3O2. The average Bonchev–Trinajstić information content (AvgIpc) is 2.56. The standard InChI is InChI=1S/C12H12BrN3O2/c1-7-6-16(2)12(14-7)15-11(18)8-3-9(13)5-10(17)4-8/h3-6,17H,1-2H3,(H,14,15,18). The third-order valence-corrected chi connectivity index (χ3v) is 2.82. The van der Waals surface area contributed by atoms with Gasteiger partial charge < -0.3 is 9.67 Å². The Labute approximate surface area is 113 Å². The molecule has 0 saturated carbocycles. The zero-order valence-electron chi connectivity index (χ0n) is 9.94. The molecule has 0 unspecified atom stereocenters. The van der Waals surface area contributed by atoms with Crippen LogP contribution in [-0.4, -0.2) is 20.6 Å². The van der Waals surface area contributed by atoms with Crippen molar-refractivity contribution in [2.45, 2.75) is 6.92 Å². The van der Waals surface area contributed by atoms with Gasteiger partial charge in [0.2, 0.25) is 5.95 Å². The summed E-state index contributed by atoms with van der Waals surface area (Å²) in [6, 6.07) is 4.54. The first-order valence-corrected chi connectivity index (χ1v) is 6.06. The van der Waals surface area contributed by atoms with Gasteiger partial charge in [-0.25, -0.2) is 4.98 Å². The van der Waals surface area contributed by atoms with E-state index < -0.39 is 0 Å². The lowest BCUT2D eigenvalue weighted by molar-refractivity contribution is 0.102. The Hall–Kier alpha value is -1.82. The van der Waals surface area contributed by atoms with Crippen molar-refractivity contribution >= 4 is 27.8 Å². The lowest BCUT2D eigenvalue weighted by Gasteiger charge is -2.05. The van der Waals surface area contributed by atoms with Gasteiger partial charge in [0.1, 0.15) is 5.75 Å². The normalized spacial score (nSPS) is 10.4. The van der Waals surface area contributed by atoms with Gasteiger partial charge in [0, 0.05) is 23.3 Å². The van der Waals surface area contributed by atoms with Crippen LogP contribution in [0.1, 0.15) is 16.1 Å². The fourth-order valence-electron chi connectivity index (χ4n) is 1.61. The van der Waals surface area contributed by atoms with Gasteiger partial charge in [0.25, 0.3) is 5.91 Å². The summed E-state index contributed by atoms with van der Waals surface area (Å²) in [5, 5.41) is 12.1. The highest BCUT2D eigenvalue weighted by atomic mass is 79.9. The van der Waals surface area contributed by atoms with Crippen molar-refractivity contribution < 1.29 is 9.90 Å². The molecule has 0 saturated heterocycles. The van der Waals surface area contributed by atoms with E-state index in [9.17, 15) is 9.90 Å². The average molecular weight is 310 g/mol. The minimum atomic E-state index is -0.319. The van der Waals surface area contributed by atoms with E-state index in [0.29, 0.717) is 16.0 Å². The second kappa shape index (κ2) is 4.81. The van der Waals surface area contributed by atoms with Crippen molar-refractivity contribution in [3.05, 3.63) is 40.1 Å². The Morgan fingerprint density at radius 1 is 1.44 bits per heavy atom. The first-order valence-electron chi connectivity index (χ1n) is 5.26. The minimum absolute atomic E-state index is 0.0329. The number of hydrogen-bond donors (Lipinski definition) is 2. The van der Waals surface area contributed by atoms with E-state index in [1.165, 1.54) is 12.1 Å².